The normalized spacial score (nSPS) is 13.4. The van der Waals surface area contributed by atoms with Crippen molar-refractivity contribution >= 4 is 58.2 Å². The number of amides is 1. The van der Waals surface area contributed by atoms with E-state index in [0.717, 1.165) is 31.6 Å². The molecular formula is C20H18Cl2N6O3S. The van der Waals surface area contributed by atoms with Gasteiger partial charge in [-0.3, -0.25) is 19.5 Å². The second kappa shape index (κ2) is 9.76. The van der Waals surface area contributed by atoms with Crippen LogP contribution in [0.25, 0.3) is 5.69 Å². The van der Waals surface area contributed by atoms with Gasteiger partial charge in [-0.2, -0.15) is 0 Å². The number of benzene rings is 2. The summed E-state index contributed by atoms with van der Waals surface area (Å²) in [6, 6.07) is 11.3. The van der Waals surface area contributed by atoms with Crippen LogP contribution in [0.4, 0.5) is 17.3 Å². The van der Waals surface area contributed by atoms with E-state index in [2.05, 4.69) is 20.4 Å². The maximum absolute atomic E-state index is 12.5. The van der Waals surface area contributed by atoms with Crippen molar-refractivity contribution in [2.24, 2.45) is 0 Å². The minimum absolute atomic E-state index is 0.00159. The fourth-order valence-corrected chi connectivity index (χ4v) is 4.49. The van der Waals surface area contributed by atoms with Crippen LogP contribution in [0.2, 0.25) is 10.0 Å². The number of rotatable bonds is 7. The molecule has 1 N–H and O–H groups in total. The Kier molecular flexibility index (Phi) is 6.83. The molecule has 0 unspecified atom stereocenters. The average molecular weight is 493 g/mol. The predicted octanol–water partition coefficient (Wildman–Crippen LogP) is 4.81. The minimum Gasteiger partial charge on any atom is -0.341 e. The molecule has 0 radical (unpaired) electrons. The summed E-state index contributed by atoms with van der Waals surface area (Å²) >= 11 is 13.7. The molecule has 2 aromatic carbocycles. The molecule has 0 saturated carbocycles. The number of nitrogens with one attached hydrogen (secondary N) is 1. The summed E-state index contributed by atoms with van der Waals surface area (Å²) in [5, 5.41) is 23.5. The Morgan fingerprint density at radius 2 is 1.88 bits per heavy atom. The minimum atomic E-state index is -0.549. The molecule has 0 atom stereocenters. The standard InChI is InChI=1S/C20H18Cl2N6O3S/c21-14-8-7-13(28(30)31)11-16(14)23-18(29)12-32-20-25-24-19(26-9-3-4-10-26)27(20)17-6-2-1-5-15(17)22/h1-2,5-8,11H,3-4,9-10,12H2,(H,23,29). The van der Waals surface area contributed by atoms with Crippen molar-refractivity contribution in [1.82, 2.24) is 14.8 Å². The number of hydrogen-bond acceptors (Lipinski definition) is 7. The monoisotopic (exact) mass is 492 g/mol. The van der Waals surface area contributed by atoms with E-state index in [1.54, 1.807) is 6.07 Å². The van der Waals surface area contributed by atoms with Gasteiger partial charge in [0, 0.05) is 25.2 Å². The highest BCUT2D eigenvalue weighted by molar-refractivity contribution is 7.99. The Morgan fingerprint density at radius 1 is 1.12 bits per heavy atom. The molecule has 166 valence electrons. The second-order valence-electron chi connectivity index (χ2n) is 7.02. The summed E-state index contributed by atoms with van der Waals surface area (Å²) in [7, 11) is 0. The van der Waals surface area contributed by atoms with Crippen molar-refractivity contribution in [2.45, 2.75) is 18.0 Å². The number of hydrogen-bond donors (Lipinski definition) is 1. The molecule has 1 saturated heterocycles. The molecule has 0 bridgehead atoms. The summed E-state index contributed by atoms with van der Waals surface area (Å²) in [5.41, 5.74) is 0.744. The van der Waals surface area contributed by atoms with Gasteiger partial charge in [0.05, 0.1) is 32.1 Å². The van der Waals surface area contributed by atoms with Crippen molar-refractivity contribution in [1.29, 1.82) is 0 Å². The zero-order valence-corrected chi connectivity index (χ0v) is 19.0. The quantitative estimate of drug-likeness (QED) is 0.286. The largest absolute Gasteiger partial charge is 0.341 e. The van der Waals surface area contributed by atoms with Gasteiger partial charge in [-0.15, -0.1) is 10.2 Å². The summed E-state index contributed by atoms with van der Waals surface area (Å²) in [4.78, 5) is 25.1. The van der Waals surface area contributed by atoms with Crippen molar-refractivity contribution in [3.8, 4) is 5.69 Å². The molecule has 1 fully saturated rings. The van der Waals surface area contributed by atoms with Crippen LogP contribution in [0, 0.1) is 10.1 Å². The number of nitro groups is 1. The number of halogens is 2. The number of thioether (sulfide) groups is 1. The predicted molar refractivity (Wildman–Crippen MR) is 125 cm³/mol. The van der Waals surface area contributed by atoms with E-state index in [9.17, 15) is 14.9 Å². The lowest BCUT2D eigenvalue weighted by Crippen LogP contribution is -2.22. The maximum Gasteiger partial charge on any atom is 0.271 e. The number of nitro benzene ring substituents is 1. The second-order valence-corrected chi connectivity index (χ2v) is 8.78. The van der Waals surface area contributed by atoms with Gasteiger partial charge in [0.1, 0.15) is 0 Å². The van der Waals surface area contributed by atoms with Crippen molar-refractivity contribution in [3.05, 3.63) is 62.6 Å². The first kappa shape index (κ1) is 22.4. The van der Waals surface area contributed by atoms with Gasteiger partial charge < -0.3 is 10.2 Å². The van der Waals surface area contributed by atoms with Gasteiger partial charge >= 0.3 is 0 Å². The van der Waals surface area contributed by atoms with Crippen molar-refractivity contribution in [2.75, 3.05) is 29.1 Å². The zero-order valence-electron chi connectivity index (χ0n) is 16.7. The lowest BCUT2D eigenvalue weighted by atomic mass is 10.3. The third kappa shape index (κ3) is 4.82. The highest BCUT2D eigenvalue weighted by atomic mass is 35.5. The van der Waals surface area contributed by atoms with E-state index >= 15 is 0 Å². The first-order valence-corrected chi connectivity index (χ1v) is 11.5. The number of carbonyl (C=O) groups excluding carboxylic acids is 1. The number of aromatic nitrogens is 3. The van der Waals surface area contributed by atoms with Crippen LogP contribution in [-0.4, -0.2) is 44.4 Å². The summed E-state index contributed by atoms with van der Waals surface area (Å²) < 4.78 is 1.85. The highest BCUT2D eigenvalue weighted by Gasteiger charge is 2.24. The molecule has 3 aromatic rings. The SMILES string of the molecule is O=C(CSc1nnc(N2CCCC2)n1-c1ccccc1Cl)Nc1cc([N+](=O)[O-])ccc1Cl. The molecule has 12 heteroatoms. The Bertz CT molecular complexity index is 1170. The number of non-ortho nitro benzene ring substituents is 1. The van der Waals surface area contributed by atoms with E-state index in [4.69, 9.17) is 23.2 Å². The molecule has 32 heavy (non-hydrogen) atoms. The first-order valence-electron chi connectivity index (χ1n) is 9.76. The van der Waals surface area contributed by atoms with Crippen LogP contribution in [0.5, 0.6) is 0 Å². The summed E-state index contributed by atoms with van der Waals surface area (Å²) in [6.45, 7) is 1.75. The van der Waals surface area contributed by atoms with E-state index in [1.807, 2.05) is 22.8 Å². The van der Waals surface area contributed by atoms with E-state index in [0.29, 0.717) is 16.1 Å². The Morgan fingerprint density at radius 3 is 2.59 bits per heavy atom. The van der Waals surface area contributed by atoms with E-state index in [1.165, 1.54) is 30.0 Å². The van der Waals surface area contributed by atoms with Crippen molar-refractivity contribution < 1.29 is 9.72 Å². The third-order valence-electron chi connectivity index (χ3n) is 4.87. The Labute approximate surface area is 197 Å². The summed E-state index contributed by atoms with van der Waals surface area (Å²) in [5.74, 6) is 0.302. The molecule has 1 aliphatic heterocycles. The van der Waals surface area contributed by atoms with E-state index < -0.39 is 4.92 Å². The van der Waals surface area contributed by atoms with Gasteiger partial charge in [0.25, 0.3) is 5.69 Å². The molecule has 9 nitrogen and oxygen atoms in total. The molecule has 1 aliphatic rings. The molecule has 0 spiro atoms. The Hall–Kier alpha value is -2.82. The number of nitrogens with zero attached hydrogens (tertiary/aromatic N) is 5. The molecule has 4 rings (SSSR count). The Balaban J connectivity index is 1.55. The maximum atomic E-state index is 12.5. The van der Waals surface area contributed by atoms with Crippen LogP contribution >= 0.6 is 35.0 Å². The van der Waals surface area contributed by atoms with Crippen molar-refractivity contribution in [3.63, 3.8) is 0 Å². The average Bonchev–Trinajstić information content (AvgIpc) is 3.44. The zero-order chi connectivity index (χ0) is 22.7. The van der Waals surface area contributed by atoms with Gasteiger partial charge in [-0.05, 0) is 31.0 Å². The number of carbonyl (C=O) groups is 1. The topological polar surface area (TPSA) is 106 Å². The van der Waals surface area contributed by atoms with Gasteiger partial charge in [0.15, 0.2) is 5.16 Å². The van der Waals surface area contributed by atoms with Gasteiger partial charge in [-0.25, -0.2) is 0 Å². The number of anilines is 2. The van der Waals surface area contributed by atoms with Gasteiger partial charge in [0.2, 0.25) is 11.9 Å². The molecule has 1 aromatic heterocycles. The molecule has 2 heterocycles. The van der Waals surface area contributed by atoms with Crippen LogP contribution < -0.4 is 10.2 Å². The highest BCUT2D eigenvalue weighted by Crippen LogP contribution is 2.32. The van der Waals surface area contributed by atoms with Crippen LogP contribution in [0.1, 0.15) is 12.8 Å². The van der Waals surface area contributed by atoms with Gasteiger partial charge in [-0.1, -0.05) is 47.1 Å². The first-order chi connectivity index (χ1) is 15.4. The number of para-hydroxylation sites is 1. The van der Waals surface area contributed by atoms with Crippen LogP contribution in [0.15, 0.2) is 47.6 Å². The van der Waals surface area contributed by atoms with Crippen LogP contribution in [0.3, 0.4) is 0 Å². The fourth-order valence-electron chi connectivity index (χ4n) is 3.36. The summed E-state index contributed by atoms with van der Waals surface area (Å²) in [6.07, 6.45) is 2.15. The lowest BCUT2D eigenvalue weighted by Gasteiger charge is -2.19. The smallest absolute Gasteiger partial charge is 0.271 e. The third-order valence-corrected chi connectivity index (χ3v) is 6.44. The lowest BCUT2D eigenvalue weighted by molar-refractivity contribution is -0.384. The fraction of sp³-hybridized carbons (Fsp3) is 0.250. The molecular weight excluding hydrogens is 475 g/mol. The van der Waals surface area contributed by atoms with E-state index in [-0.39, 0.29) is 28.1 Å². The molecule has 0 aliphatic carbocycles. The van der Waals surface area contributed by atoms with Crippen LogP contribution in [-0.2, 0) is 4.79 Å². The molecule has 1 amide bonds.